The molecule has 11 heteroatoms. The predicted octanol–water partition coefficient (Wildman–Crippen LogP) is 4.43. The maximum absolute atomic E-state index is 12.7. The first-order valence-corrected chi connectivity index (χ1v) is 10.8. The number of benzene rings is 1. The summed E-state index contributed by atoms with van der Waals surface area (Å²) in [5, 5.41) is 2.87. The van der Waals surface area contributed by atoms with E-state index in [9.17, 15) is 18.0 Å². The van der Waals surface area contributed by atoms with Crippen LogP contribution in [0.25, 0.3) is 0 Å². The van der Waals surface area contributed by atoms with Crippen molar-refractivity contribution < 1.29 is 32.2 Å². The van der Waals surface area contributed by atoms with Gasteiger partial charge in [-0.15, -0.1) is 0 Å². The largest absolute Gasteiger partial charge is 0.476 e. The van der Waals surface area contributed by atoms with Crippen molar-refractivity contribution in [2.24, 2.45) is 5.92 Å². The standard InChI is InChI=1S/C22H25ClF3N3O4/c1-13(29-14(2)30)9-31-18-7-16(8-18)11-33-21-19(23)20(27-12-28-21)32-10-15-3-5-17(6-4-15)22(24,25)26/h3-6,12-13,16,18H,7-11H2,1-2H3,(H,29,30)/t13-,16?,18?/m0/s1. The highest BCUT2D eigenvalue weighted by Crippen LogP contribution is 2.34. The molecule has 1 fully saturated rings. The van der Waals surface area contributed by atoms with Gasteiger partial charge in [0, 0.05) is 13.0 Å². The van der Waals surface area contributed by atoms with Crippen LogP contribution in [0.2, 0.25) is 5.02 Å². The van der Waals surface area contributed by atoms with E-state index in [-0.39, 0.29) is 47.4 Å². The molecular formula is C22H25ClF3N3O4. The summed E-state index contributed by atoms with van der Waals surface area (Å²) in [5.41, 5.74) is -0.193. The molecule has 0 spiro atoms. The highest BCUT2D eigenvalue weighted by Gasteiger charge is 2.31. The summed E-state index contributed by atoms with van der Waals surface area (Å²) in [7, 11) is 0. The van der Waals surface area contributed by atoms with E-state index in [1.54, 1.807) is 0 Å². The highest BCUT2D eigenvalue weighted by molar-refractivity contribution is 6.33. The summed E-state index contributed by atoms with van der Waals surface area (Å²) in [6.07, 6.45) is -1.36. The summed E-state index contributed by atoms with van der Waals surface area (Å²) >= 11 is 6.28. The van der Waals surface area contributed by atoms with E-state index in [1.165, 1.54) is 25.4 Å². The topological polar surface area (TPSA) is 82.6 Å². The number of nitrogens with one attached hydrogen (secondary N) is 1. The molecule has 1 N–H and O–H groups in total. The number of nitrogens with zero attached hydrogens (tertiary/aromatic N) is 2. The summed E-state index contributed by atoms with van der Waals surface area (Å²) in [4.78, 5) is 19.0. The van der Waals surface area contributed by atoms with Crippen LogP contribution >= 0.6 is 11.6 Å². The zero-order valence-corrected chi connectivity index (χ0v) is 18.9. The molecule has 0 radical (unpaired) electrons. The molecule has 1 heterocycles. The minimum absolute atomic E-state index is 0.00708. The molecule has 1 saturated carbocycles. The van der Waals surface area contributed by atoms with Gasteiger partial charge in [-0.25, -0.2) is 9.97 Å². The Morgan fingerprint density at radius 1 is 1.18 bits per heavy atom. The average Bonchev–Trinajstić information content (AvgIpc) is 2.71. The molecule has 2 aromatic rings. The molecule has 0 aliphatic heterocycles. The zero-order valence-electron chi connectivity index (χ0n) is 18.2. The molecule has 1 aromatic heterocycles. The zero-order chi connectivity index (χ0) is 24.0. The van der Waals surface area contributed by atoms with E-state index in [0.29, 0.717) is 18.8 Å². The molecule has 33 heavy (non-hydrogen) atoms. The quantitative estimate of drug-likeness (QED) is 0.534. The number of halogens is 4. The van der Waals surface area contributed by atoms with E-state index < -0.39 is 11.7 Å². The Labute approximate surface area is 194 Å². The molecule has 1 aliphatic carbocycles. The Morgan fingerprint density at radius 3 is 2.42 bits per heavy atom. The fourth-order valence-corrected chi connectivity index (χ4v) is 3.50. The molecule has 3 rings (SSSR count). The van der Waals surface area contributed by atoms with Gasteiger partial charge in [-0.1, -0.05) is 23.7 Å². The lowest BCUT2D eigenvalue weighted by molar-refractivity contribution is -0.137. The van der Waals surface area contributed by atoms with Crippen molar-refractivity contribution in [2.45, 2.75) is 51.6 Å². The van der Waals surface area contributed by atoms with Crippen molar-refractivity contribution >= 4 is 17.5 Å². The van der Waals surface area contributed by atoms with Crippen LogP contribution in [0.5, 0.6) is 11.8 Å². The van der Waals surface area contributed by atoms with Gasteiger partial charge in [0.05, 0.1) is 24.9 Å². The van der Waals surface area contributed by atoms with Gasteiger partial charge in [-0.2, -0.15) is 13.2 Å². The smallest absolute Gasteiger partial charge is 0.416 e. The third kappa shape index (κ3) is 7.46. The summed E-state index contributed by atoms with van der Waals surface area (Å²) in [6.45, 7) is 4.20. The van der Waals surface area contributed by atoms with Crippen LogP contribution in [0.1, 0.15) is 37.8 Å². The second-order valence-corrected chi connectivity index (χ2v) is 8.36. The van der Waals surface area contributed by atoms with Crippen LogP contribution in [0.4, 0.5) is 13.2 Å². The van der Waals surface area contributed by atoms with Crippen molar-refractivity contribution in [3.63, 3.8) is 0 Å². The third-order valence-corrected chi connectivity index (χ3v) is 5.39. The van der Waals surface area contributed by atoms with Gasteiger partial charge < -0.3 is 19.5 Å². The normalized spacial score (nSPS) is 18.8. The Balaban J connectivity index is 1.43. The SMILES string of the molecule is CC(=O)N[C@@H](C)COC1CC(COc2ncnc(OCc3ccc(C(F)(F)F)cc3)c2Cl)C1. The number of ether oxygens (including phenoxy) is 3. The number of carbonyl (C=O) groups excluding carboxylic acids is 1. The van der Waals surface area contributed by atoms with Crippen LogP contribution in [0.3, 0.4) is 0 Å². The number of amides is 1. The summed E-state index contributed by atoms with van der Waals surface area (Å²) < 4.78 is 55.0. The number of rotatable bonds is 10. The number of hydrogen-bond donors (Lipinski definition) is 1. The maximum atomic E-state index is 12.7. The molecule has 1 amide bonds. The van der Waals surface area contributed by atoms with Gasteiger partial charge in [0.15, 0.2) is 5.02 Å². The van der Waals surface area contributed by atoms with Crippen LogP contribution in [0.15, 0.2) is 30.6 Å². The lowest BCUT2D eigenvalue weighted by atomic mass is 9.83. The van der Waals surface area contributed by atoms with Crippen molar-refractivity contribution in [2.75, 3.05) is 13.2 Å². The van der Waals surface area contributed by atoms with Crippen LogP contribution in [0, 0.1) is 5.92 Å². The minimum Gasteiger partial charge on any atom is -0.476 e. The molecule has 0 bridgehead atoms. The monoisotopic (exact) mass is 487 g/mol. The van der Waals surface area contributed by atoms with E-state index in [4.69, 9.17) is 25.8 Å². The van der Waals surface area contributed by atoms with Crippen molar-refractivity contribution in [3.8, 4) is 11.8 Å². The van der Waals surface area contributed by atoms with Crippen molar-refractivity contribution in [3.05, 3.63) is 46.7 Å². The van der Waals surface area contributed by atoms with Gasteiger partial charge in [0.1, 0.15) is 12.9 Å². The second-order valence-electron chi connectivity index (χ2n) is 7.99. The van der Waals surface area contributed by atoms with Gasteiger partial charge in [-0.3, -0.25) is 4.79 Å². The third-order valence-electron chi connectivity index (χ3n) is 5.06. The van der Waals surface area contributed by atoms with E-state index in [1.807, 2.05) is 6.92 Å². The molecule has 180 valence electrons. The molecule has 7 nitrogen and oxygen atoms in total. The lowest BCUT2D eigenvalue weighted by Crippen LogP contribution is -2.40. The van der Waals surface area contributed by atoms with Gasteiger partial charge >= 0.3 is 6.18 Å². The number of aromatic nitrogens is 2. The number of carbonyl (C=O) groups is 1. The molecule has 0 saturated heterocycles. The van der Waals surface area contributed by atoms with E-state index in [2.05, 4.69) is 15.3 Å². The molecule has 0 unspecified atom stereocenters. The summed E-state index contributed by atoms with van der Waals surface area (Å²) in [5.74, 6) is 0.463. The van der Waals surface area contributed by atoms with E-state index in [0.717, 1.165) is 25.0 Å². The first-order chi connectivity index (χ1) is 15.6. The Kier molecular flexibility index (Phi) is 8.36. The minimum atomic E-state index is -4.39. The van der Waals surface area contributed by atoms with Gasteiger partial charge in [-0.05, 0) is 43.4 Å². The average molecular weight is 488 g/mol. The summed E-state index contributed by atoms with van der Waals surface area (Å²) in [6, 6.07) is 4.61. The predicted molar refractivity (Wildman–Crippen MR) is 114 cm³/mol. The molecule has 1 aromatic carbocycles. The van der Waals surface area contributed by atoms with E-state index >= 15 is 0 Å². The van der Waals surface area contributed by atoms with Crippen LogP contribution < -0.4 is 14.8 Å². The van der Waals surface area contributed by atoms with Gasteiger partial charge in [0.2, 0.25) is 17.7 Å². The fourth-order valence-electron chi connectivity index (χ4n) is 3.29. The highest BCUT2D eigenvalue weighted by atomic mass is 35.5. The number of hydrogen-bond acceptors (Lipinski definition) is 6. The van der Waals surface area contributed by atoms with Crippen LogP contribution in [-0.4, -0.2) is 41.2 Å². The number of alkyl halides is 3. The molecular weight excluding hydrogens is 463 g/mol. The van der Waals surface area contributed by atoms with Crippen LogP contribution in [-0.2, 0) is 22.3 Å². The molecule has 1 aliphatic rings. The van der Waals surface area contributed by atoms with Gasteiger partial charge in [0.25, 0.3) is 0 Å². The first-order valence-electron chi connectivity index (χ1n) is 10.4. The fraction of sp³-hybridized carbons (Fsp3) is 0.500. The Bertz CT molecular complexity index is 937. The molecule has 1 atom stereocenters. The first kappa shape index (κ1) is 25.0. The maximum Gasteiger partial charge on any atom is 0.416 e. The second kappa shape index (κ2) is 11.0. The van der Waals surface area contributed by atoms with Crippen molar-refractivity contribution in [1.82, 2.24) is 15.3 Å². The Morgan fingerprint density at radius 2 is 1.82 bits per heavy atom. The Hall–Kier alpha value is -2.59. The van der Waals surface area contributed by atoms with Crippen molar-refractivity contribution in [1.29, 1.82) is 0 Å². The lowest BCUT2D eigenvalue weighted by Gasteiger charge is -2.35.